The molecule has 1 aliphatic rings. The van der Waals surface area contributed by atoms with Gasteiger partial charge in [-0.2, -0.15) is 0 Å². The molecule has 1 aromatic heterocycles. The average Bonchev–Trinajstić information content (AvgIpc) is 2.98. The van der Waals surface area contributed by atoms with Crippen molar-refractivity contribution in [3.05, 3.63) is 53.9 Å². The van der Waals surface area contributed by atoms with Crippen LogP contribution in [0.25, 0.3) is 0 Å². The Morgan fingerprint density at radius 2 is 2.04 bits per heavy atom. The Hall–Kier alpha value is -2.41. The summed E-state index contributed by atoms with van der Waals surface area (Å²) in [5.74, 6) is -0.0368. The summed E-state index contributed by atoms with van der Waals surface area (Å²) in [4.78, 5) is 18.6. The summed E-state index contributed by atoms with van der Waals surface area (Å²) in [6.45, 7) is 4.34. The molecule has 0 bridgehead atoms. The lowest BCUT2D eigenvalue weighted by Gasteiger charge is -2.26. The number of amides is 1. The van der Waals surface area contributed by atoms with E-state index in [2.05, 4.69) is 10.3 Å². The number of anilines is 2. The van der Waals surface area contributed by atoms with Crippen molar-refractivity contribution >= 4 is 27.1 Å². The van der Waals surface area contributed by atoms with E-state index in [-0.39, 0.29) is 23.5 Å². The van der Waals surface area contributed by atoms with Crippen molar-refractivity contribution in [2.24, 2.45) is 0 Å². The van der Waals surface area contributed by atoms with E-state index in [0.717, 1.165) is 16.9 Å². The lowest BCUT2D eigenvalue weighted by molar-refractivity contribution is 0.0702. The third-order valence-electron chi connectivity index (χ3n) is 4.66. The highest BCUT2D eigenvalue weighted by Gasteiger charge is 2.34. The van der Waals surface area contributed by atoms with Crippen molar-refractivity contribution < 1.29 is 13.2 Å². The van der Waals surface area contributed by atoms with Crippen LogP contribution in [0.5, 0.6) is 0 Å². The molecule has 26 heavy (non-hydrogen) atoms. The van der Waals surface area contributed by atoms with Crippen LogP contribution in [0.15, 0.2) is 42.6 Å². The standard InChI is InChI=1S/C19H23N3O3S/c1-3-22(16-10-11-26(24,25)13-16)19(23)18-9-8-15(12-20-18)21-17-7-5-4-6-14(17)2/h4-9,12,16,21H,3,10-11,13H2,1-2H3. The van der Waals surface area contributed by atoms with Crippen molar-refractivity contribution in [3.63, 3.8) is 0 Å². The first kappa shape index (κ1) is 18.4. The second-order valence-electron chi connectivity index (χ2n) is 6.52. The molecule has 3 rings (SSSR count). The topological polar surface area (TPSA) is 79.4 Å². The molecule has 0 spiro atoms. The largest absolute Gasteiger partial charge is 0.354 e. The maximum atomic E-state index is 12.7. The van der Waals surface area contributed by atoms with E-state index >= 15 is 0 Å². The molecule has 1 amide bonds. The summed E-state index contributed by atoms with van der Waals surface area (Å²) >= 11 is 0. The summed E-state index contributed by atoms with van der Waals surface area (Å²) in [6.07, 6.45) is 2.12. The third-order valence-corrected chi connectivity index (χ3v) is 6.41. The van der Waals surface area contributed by atoms with Gasteiger partial charge in [0.05, 0.1) is 23.4 Å². The number of aryl methyl sites for hydroxylation is 1. The van der Waals surface area contributed by atoms with Gasteiger partial charge in [-0.15, -0.1) is 0 Å². The van der Waals surface area contributed by atoms with Crippen LogP contribution in [-0.2, 0) is 9.84 Å². The van der Waals surface area contributed by atoms with Gasteiger partial charge in [0, 0.05) is 18.3 Å². The number of carbonyl (C=O) groups excluding carboxylic acids is 1. The van der Waals surface area contributed by atoms with Crippen LogP contribution in [0.2, 0.25) is 0 Å². The van der Waals surface area contributed by atoms with Gasteiger partial charge in [-0.1, -0.05) is 18.2 Å². The van der Waals surface area contributed by atoms with Crippen molar-refractivity contribution in [2.45, 2.75) is 26.3 Å². The number of nitrogens with one attached hydrogen (secondary N) is 1. The maximum Gasteiger partial charge on any atom is 0.272 e. The van der Waals surface area contributed by atoms with Crippen molar-refractivity contribution in [1.29, 1.82) is 0 Å². The summed E-state index contributed by atoms with van der Waals surface area (Å²) in [5, 5.41) is 3.28. The second kappa shape index (κ2) is 7.45. The normalized spacial score (nSPS) is 18.5. The average molecular weight is 373 g/mol. The van der Waals surface area contributed by atoms with Crippen LogP contribution in [0.3, 0.4) is 0 Å². The SMILES string of the molecule is CCN(C(=O)c1ccc(Nc2ccccc2C)cn1)C1CCS(=O)(=O)C1. The second-order valence-corrected chi connectivity index (χ2v) is 8.75. The molecule has 1 fully saturated rings. The van der Waals surface area contributed by atoms with E-state index < -0.39 is 9.84 Å². The first-order valence-corrected chi connectivity index (χ1v) is 10.5. The Labute approximate surface area is 154 Å². The number of rotatable bonds is 5. The van der Waals surface area contributed by atoms with Gasteiger partial charge in [-0.25, -0.2) is 13.4 Å². The Morgan fingerprint density at radius 3 is 2.62 bits per heavy atom. The molecular weight excluding hydrogens is 350 g/mol. The van der Waals surface area contributed by atoms with Gasteiger partial charge >= 0.3 is 0 Å². The van der Waals surface area contributed by atoms with E-state index in [0.29, 0.717) is 18.7 Å². The van der Waals surface area contributed by atoms with Gasteiger partial charge in [0.1, 0.15) is 5.69 Å². The van der Waals surface area contributed by atoms with Crippen LogP contribution in [-0.4, -0.2) is 48.3 Å². The number of nitrogens with zero attached hydrogens (tertiary/aromatic N) is 2. The molecule has 0 aliphatic carbocycles. The van der Waals surface area contributed by atoms with Gasteiger partial charge < -0.3 is 10.2 Å². The zero-order chi connectivity index (χ0) is 18.7. The molecule has 0 saturated carbocycles. The van der Waals surface area contributed by atoms with E-state index in [1.54, 1.807) is 17.2 Å². The van der Waals surface area contributed by atoms with Crippen LogP contribution in [0.4, 0.5) is 11.4 Å². The Kier molecular flexibility index (Phi) is 5.27. The molecule has 6 nitrogen and oxygen atoms in total. The molecule has 0 radical (unpaired) electrons. The van der Waals surface area contributed by atoms with Crippen molar-refractivity contribution in [2.75, 3.05) is 23.4 Å². The Balaban J connectivity index is 1.73. The number of benzene rings is 1. The lowest BCUT2D eigenvalue weighted by atomic mass is 10.2. The van der Waals surface area contributed by atoms with E-state index in [4.69, 9.17) is 0 Å². The van der Waals surface area contributed by atoms with Gasteiger partial charge in [0.25, 0.3) is 5.91 Å². The number of aromatic nitrogens is 1. The fourth-order valence-electron chi connectivity index (χ4n) is 3.20. The number of pyridine rings is 1. The zero-order valence-electron chi connectivity index (χ0n) is 15.0. The third kappa shape index (κ3) is 4.04. The summed E-state index contributed by atoms with van der Waals surface area (Å²) in [6, 6.07) is 11.2. The van der Waals surface area contributed by atoms with Crippen LogP contribution in [0, 0.1) is 6.92 Å². The summed E-state index contributed by atoms with van der Waals surface area (Å²) in [7, 11) is -3.04. The lowest BCUT2D eigenvalue weighted by Crippen LogP contribution is -2.41. The fourth-order valence-corrected chi connectivity index (χ4v) is 4.93. The van der Waals surface area contributed by atoms with Gasteiger partial charge in [0.2, 0.25) is 0 Å². The molecule has 1 unspecified atom stereocenters. The van der Waals surface area contributed by atoms with Crippen LogP contribution >= 0.6 is 0 Å². The molecule has 1 aliphatic heterocycles. The maximum absolute atomic E-state index is 12.7. The molecular formula is C19H23N3O3S. The fraction of sp³-hybridized carbons (Fsp3) is 0.368. The predicted octanol–water partition coefficient (Wildman–Crippen LogP) is 2.78. The molecule has 2 heterocycles. The van der Waals surface area contributed by atoms with Gasteiger partial charge in [-0.05, 0) is 44.0 Å². The minimum atomic E-state index is -3.04. The number of hydrogen-bond acceptors (Lipinski definition) is 5. The van der Waals surface area contributed by atoms with Crippen LogP contribution in [0.1, 0.15) is 29.4 Å². The molecule has 2 aromatic rings. The van der Waals surface area contributed by atoms with Gasteiger partial charge in [0.15, 0.2) is 9.84 Å². The molecule has 1 aromatic carbocycles. The number of carbonyl (C=O) groups is 1. The highest BCUT2D eigenvalue weighted by atomic mass is 32.2. The van der Waals surface area contributed by atoms with E-state index in [1.165, 1.54) is 0 Å². The van der Waals surface area contributed by atoms with Crippen LogP contribution < -0.4 is 5.32 Å². The Morgan fingerprint density at radius 1 is 1.27 bits per heavy atom. The Bertz CT molecular complexity index is 895. The van der Waals surface area contributed by atoms with E-state index in [9.17, 15) is 13.2 Å². The first-order valence-electron chi connectivity index (χ1n) is 8.69. The van der Waals surface area contributed by atoms with Gasteiger partial charge in [-0.3, -0.25) is 4.79 Å². The first-order chi connectivity index (χ1) is 12.4. The highest BCUT2D eigenvalue weighted by molar-refractivity contribution is 7.91. The van der Waals surface area contributed by atoms with E-state index in [1.807, 2.05) is 44.2 Å². The summed E-state index contributed by atoms with van der Waals surface area (Å²) < 4.78 is 23.4. The number of hydrogen-bond donors (Lipinski definition) is 1. The monoisotopic (exact) mass is 373 g/mol. The smallest absolute Gasteiger partial charge is 0.272 e. The highest BCUT2D eigenvalue weighted by Crippen LogP contribution is 2.22. The zero-order valence-corrected chi connectivity index (χ0v) is 15.8. The summed E-state index contributed by atoms with van der Waals surface area (Å²) in [5.41, 5.74) is 3.22. The molecule has 7 heteroatoms. The molecule has 138 valence electrons. The number of sulfone groups is 1. The van der Waals surface area contributed by atoms with Crippen molar-refractivity contribution in [3.8, 4) is 0 Å². The van der Waals surface area contributed by atoms with Crippen molar-refractivity contribution in [1.82, 2.24) is 9.88 Å². The predicted molar refractivity (Wildman–Crippen MR) is 102 cm³/mol. The molecule has 1 saturated heterocycles. The minimum absolute atomic E-state index is 0.0412. The number of para-hydroxylation sites is 1. The molecule has 1 atom stereocenters. The quantitative estimate of drug-likeness (QED) is 0.872. The molecule has 1 N–H and O–H groups in total. The minimum Gasteiger partial charge on any atom is -0.354 e.